The highest BCUT2D eigenvalue weighted by atomic mass is 32.2. The van der Waals surface area contributed by atoms with Crippen molar-refractivity contribution in [3.63, 3.8) is 0 Å². The van der Waals surface area contributed by atoms with E-state index in [1.807, 2.05) is 12.1 Å². The van der Waals surface area contributed by atoms with Crippen LogP contribution in [0.4, 0.5) is 15.8 Å². The fourth-order valence-corrected chi connectivity index (χ4v) is 7.97. The summed E-state index contributed by atoms with van der Waals surface area (Å²) in [5, 5.41) is 23.7. The van der Waals surface area contributed by atoms with E-state index in [0.717, 1.165) is 23.3 Å². The van der Waals surface area contributed by atoms with E-state index in [1.165, 1.54) is 34.6 Å². The van der Waals surface area contributed by atoms with E-state index < -0.39 is 45.5 Å². The number of amides is 2. The number of carbonyl (C=O) groups is 4. The predicted octanol–water partition coefficient (Wildman–Crippen LogP) is 6.47. The number of carboxylic acid groups (broad SMARTS) is 2. The van der Waals surface area contributed by atoms with Gasteiger partial charge in [-0.2, -0.15) is 4.31 Å². The van der Waals surface area contributed by atoms with Gasteiger partial charge in [0.1, 0.15) is 5.82 Å². The number of nitrogens with zero attached hydrogens (tertiary/aromatic N) is 1. The smallest absolute Gasteiger partial charge is 0.335 e. The largest absolute Gasteiger partial charge is 0.481 e. The second-order valence-electron chi connectivity index (χ2n) is 12.4. The lowest BCUT2D eigenvalue weighted by Gasteiger charge is -2.34. The second kappa shape index (κ2) is 16.1. The first-order valence-corrected chi connectivity index (χ1v) is 18.0. The molecule has 0 aliphatic heterocycles. The van der Waals surface area contributed by atoms with Crippen molar-refractivity contribution in [2.24, 2.45) is 5.92 Å². The van der Waals surface area contributed by atoms with Crippen LogP contribution in [0.15, 0.2) is 95.9 Å². The van der Waals surface area contributed by atoms with Crippen molar-refractivity contribution in [2.75, 3.05) is 17.2 Å². The van der Waals surface area contributed by atoms with Gasteiger partial charge in [0, 0.05) is 23.8 Å². The molecular weight excluding hydrogens is 677 g/mol. The fraction of sp³-hybridized carbons (Fsp3) is 0.263. The highest BCUT2D eigenvalue weighted by Gasteiger charge is 2.35. The average molecular weight is 716 g/mol. The third-order valence-electron chi connectivity index (χ3n) is 9.06. The van der Waals surface area contributed by atoms with Crippen molar-refractivity contribution in [1.82, 2.24) is 4.31 Å². The Hall–Kier alpha value is -5.40. The molecule has 51 heavy (non-hydrogen) atoms. The molecule has 1 fully saturated rings. The maximum atomic E-state index is 14.3. The summed E-state index contributed by atoms with van der Waals surface area (Å²) >= 11 is 0. The van der Waals surface area contributed by atoms with Crippen LogP contribution in [0.1, 0.15) is 74.8 Å². The lowest BCUT2D eigenvalue weighted by Crippen LogP contribution is -2.42. The molecule has 4 aromatic carbocycles. The van der Waals surface area contributed by atoms with Gasteiger partial charge in [0.25, 0.3) is 11.8 Å². The number of rotatable bonds is 13. The van der Waals surface area contributed by atoms with Gasteiger partial charge in [-0.1, -0.05) is 37.3 Å². The summed E-state index contributed by atoms with van der Waals surface area (Å²) in [7, 11) is -4.03. The van der Waals surface area contributed by atoms with Gasteiger partial charge in [0.05, 0.1) is 27.6 Å². The van der Waals surface area contributed by atoms with Crippen LogP contribution in [0.2, 0.25) is 0 Å². The molecular formula is C38H38FN3O8S. The molecule has 11 nitrogen and oxygen atoms in total. The van der Waals surface area contributed by atoms with Crippen molar-refractivity contribution in [1.29, 1.82) is 0 Å². The van der Waals surface area contributed by atoms with Crippen LogP contribution < -0.4 is 10.6 Å². The minimum Gasteiger partial charge on any atom is -0.481 e. The first-order valence-electron chi connectivity index (χ1n) is 16.5. The number of nitrogens with one attached hydrogen (secondary N) is 2. The summed E-state index contributed by atoms with van der Waals surface area (Å²) < 4.78 is 43.0. The van der Waals surface area contributed by atoms with Gasteiger partial charge in [-0.15, -0.1) is 0 Å². The van der Waals surface area contributed by atoms with Crippen LogP contribution in [0.3, 0.4) is 0 Å². The molecule has 4 N–H and O–H groups in total. The second-order valence-corrected chi connectivity index (χ2v) is 14.3. The number of hydrogen-bond acceptors (Lipinski definition) is 6. The lowest BCUT2D eigenvalue weighted by atomic mass is 9.86. The molecule has 13 heteroatoms. The highest BCUT2D eigenvalue weighted by Crippen LogP contribution is 2.31. The Bertz CT molecular complexity index is 2030. The molecule has 266 valence electrons. The lowest BCUT2D eigenvalue weighted by molar-refractivity contribution is -0.143. The zero-order chi connectivity index (χ0) is 36.7. The van der Waals surface area contributed by atoms with E-state index in [0.29, 0.717) is 44.2 Å². The molecule has 0 saturated heterocycles. The molecule has 0 atom stereocenters. The third kappa shape index (κ3) is 9.04. The zero-order valence-corrected chi connectivity index (χ0v) is 28.7. The zero-order valence-electron chi connectivity index (χ0n) is 27.8. The number of carboxylic acids is 2. The molecule has 0 heterocycles. The number of aromatic carboxylic acids is 1. The number of anilines is 2. The first-order chi connectivity index (χ1) is 24.3. The number of aryl methyl sites for hydroxylation is 2. The van der Waals surface area contributed by atoms with E-state index in [-0.39, 0.29) is 39.9 Å². The Morgan fingerprint density at radius 2 is 1.39 bits per heavy atom. The molecule has 0 unspecified atom stereocenters. The Morgan fingerprint density at radius 3 is 1.98 bits per heavy atom. The number of hydrogen-bond donors (Lipinski definition) is 4. The monoisotopic (exact) mass is 715 g/mol. The number of halogens is 1. The van der Waals surface area contributed by atoms with Crippen molar-refractivity contribution in [2.45, 2.75) is 56.4 Å². The minimum atomic E-state index is -4.03. The Kier molecular flexibility index (Phi) is 11.6. The first kappa shape index (κ1) is 36.9. The molecule has 0 bridgehead atoms. The van der Waals surface area contributed by atoms with E-state index in [2.05, 4.69) is 10.6 Å². The topological polar surface area (TPSA) is 170 Å². The molecule has 2 amide bonds. The third-order valence-corrected chi connectivity index (χ3v) is 11.1. The summed E-state index contributed by atoms with van der Waals surface area (Å²) in [6.45, 7) is 1.88. The van der Waals surface area contributed by atoms with Crippen LogP contribution in [0.25, 0.3) is 0 Å². The average Bonchev–Trinajstić information content (AvgIpc) is 3.12. The summed E-state index contributed by atoms with van der Waals surface area (Å²) in [5.41, 5.74) is 2.49. The minimum absolute atomic E-state index is 0.00538. The summed E-state index contributed by atoms with van der Waals surface area (Å²) in [4.78, 5) is 49.0. The van der Waals surface area contributed by atoms with Crippen LogP contribution in [-0.2, 0) is 27.7 Å². The van der Waals surface area contributed by atoms with Crippen molar-refractivity contribution >= 4 is 45.2 Å². The van der Waals surface area contributed by atoms with Gasteiger partial charge < -0.3 is 20.8 Å². The summed E-state index contributed by atoms with van der Waals surface area (Å²) in [6, 6.07) is 22.2. The normalized spacial score (nSPS) is 16.0. The molecule has 1 aliphatic rings. The van der Waals surface area contributed by atoms with Crippen molar-refractivity contribution in [3.05, 3.63) is 125 Å². The van der Waals surface area contributed by atoms with Crippen LogP contribution >= 0.6 is 0 Å². The molecule has 1 aliphatic carbocycles. The number of sulfonamides is 1. The van der Waals surface area contributed by atoms with Crippen molar-refractivity contribution in [3.8, 4) is 0 Å². The van der Waals surface area contributed by atoms with E-state index in [1.54, 1.807) is 43.3 Å². The van der Waals surface area contributed by atoms with Gasteiger partial charge in [0.2, 0.25) is 10.0 Å². The van der Waals surface area contributed by atoms with Gasteiger partial charge in [0.15, 0.2) is 0 Å². The number of carbonyl (C=O) groups excluding carboxylic acids is 2. The van der Waals surface area contributed by atoms with E-state index >= 15 is 0 Å². The van der Waals surface area contributed by atoms with Crippen LogP contribution in [0, 0.1) is 11.7 Å². The quantitative estimate of drug-likeness (QED) is 0.122. The maximum absolute atomic E-state index is 14.3. The highest BCUT2D eigenvalue weighted by molar-refractivity contribution is 7.89. The predicted molar refractivity (Wildman–Crippen MR) is 189 cm³/mol. The van der Waals surface area contributed by atoms with E-state index in [4.69, 9.17) is 5.11 Å². The Morgan fingerprint density at radius 1 is 0.765 bits per heavy atom. The van der Waals surface area contributed by atoms with Crippen LogP contribution in [-0.4, -0.2) is 59.3 Å². The fourth-order valence-electron chi connectivity index (χ4n) is 6.23. The maximum Gasteiger partial charge on any atom is 0.335 e. The molecule has 5 rings (SSSR count). The van der Waals surface area contributed by atoms with Gasteiger partial charge >= 0.3 is 11.9 Å². The van der Waals surface area contributed by atoms with Crippen molar-refractivity contribution < 1.29 is 42.2 Å². The number of benzene rings is 4. The molecule has 0 spiro atoms. The molecule has 4 aromatic rings. The van der Waals surface area contributed by atoms with Crippen LogP contribution in [0.5, 0.6) is 0 Å². The molecule has 1 saturated carbocycles. The van der Waals surface area contributed by atoms with Gasteiger partial charge in [-0.05, 0) is 110 Å². The Labute approximate surface area is 295 Å². The summed E-state index contributed by atoms with van der Waals surface area (Å²) in [6.07, 6.45) is 2.93. The SMILES string of the molecule is CCN([C@H]1CC[C@H](C(=O)O)CC1)S(=O)(=O)c1cccc(C(=O)Nc2ccc(F)cc2C(=O)Nc2ccc(CCc3ccc(C(=O)O)cc3)cc2)c1. The van der Waals surface area contributed by atoms with Gasteiger partial charge in [-0.25, -0.2) is 17.6 Å². The van der Waals surface area contributed by atoms with E-state index in [9.17, 15) is 37.1 Å². The number of aliphatic carboxylic acids is 1. The Balaban J connectivity index is 1.25. The summed E-state index contributed by atoms with van der Waals surface area (Å²) in [5.74, 6) is -4.45. The standard InChI is InChI=1S/C38H38FN3O8S/c1-2-42(31-19-14-27(15-20-31)38(47)48)51(49,50)32-5-3-4-28(22-32)35(43)41-34-21-16-29(39)23-33(34)36(44)40-30-17-10-25(11-18-30)7-6-24-8-12-26(13-9-24)37(45)46/h3-5,8-13,16-18,21-23,27,31H,2,6-7,14-15,19-20H2,1H3,(H,40,44)(H,41,43)(H,45,46)(H,47,48)/t27-,31-. The van der Waals surface area contributed by atoms with Gasteiger partial charge in [-0.3, -0.25) is 14.4 Å². The molecule has 0 aromatic heterocycles. The molecule has 0 radical (unpaired) electrons.